The van der Waals surface area contributed by atoms with Crippen LogP contribution in [0.3, 0.4) is 0 Å². The number of ether oxygens (including phenoxy) is 2. The van der Waals surface area contributed by atoms with Crippen molar-refractivity contribution in [2.45, 2.75) is 25.2 Å². The van der Waals surface area contributed by atoms with E-state index in [1.54, 1.807) is 68.8 Å². The van der Waals surface area contributed by atoms with Gasteiger partial charge in [-0.3, -0.25) is 9.10 Å². The van der Waals surface area contributed by atoms with Crippen LogP contribution in [0.4, 0.5) is 5.69 Å². The largest absolute Gasteiger partial charge is 0.493 e. The number of carbonyl (C=O) groups excluding carboxylic acids is 1. The molecule has 35 heavy (non-hydrogen) atoms. The van der Waals surface area contributed by atoms with Gasteiger partial charge in [0.1, 0.15) is 6.54 Å². The summed E-state index contributed by atoms with van der Waals surface area (Å²) in [6.45, 7) is 3.37. The van der Waals surface area contributed by atoms with Crippen molar-refractivity contribution in [1.29, 1.82) is 0 Å². The van der Waals surface area contributed by atoms with Crippen LogP contribution < -0.4 is 19.2 Å². The summed E-state index contributed by atoms with van der Waals surface area (Å²) in [5, 5.41) is 4.26. The Kier molecular flexibility index (Phi) is 8.48. The van der Waals surface area contributed by atoms with Crippen molar-refractivity contribution < 1.29 is 22.7 Å². The van der Waals surface area contributed by atoms with E-state index in [2.05, 4.69) is 10.5 Å². The Bertz CT molecular complexity index is 1290. The predicted octanol–water partition coefficient (Wildman–Crippen LogP) is 4.14. The molecule has 0 aliphatic carbocycles. The van der Waals surface area contributed by atoms with Crippen molar-refractivity contribution in [3.63, 3.8) is 0 Å². The van der Waals surface area contributed by atoms with Crippen LogP contribution >= 0.6 is 0 Å². The number of hydrogen-bond acceptors (Lipinski definition) is 6. The Morgan fingerprint density at radius 1 is 0.943 bits per heavy atom. The molecule has 0 heterocycles. The summed E-state index contributed by atoms with van der Waals surface area (Å²) in [6.07, 6.45) is 0.528. The number of sulfonamides is 1. The van der Waals surface area contributed by atoms with Crippen molar-refractivity contribution in [3.05, 3.63) is 83.9 Å². The summed E-state index contributed by atoms with van der Waals surface area (Å²) in [5.41, 5.74) is 5.21. The van der Waals surface area contributed by atoms with E-state index in [0.717, 1.165) is 15.4 Å². The molecule has 0 saturated carbocycles. The van der Waals surface area contributed by atoms with Crippen molar-refractivity contribution in [3.8, 4) is 11.5 Å². The molecule has 3 rings (SSSR count). The van der Waals surface area contributed by atoms with E-state index < -0.39 is 22.5 Å². The fraction of sp³-hybridized carbons (Fsp3) is 0.231. The lowest BCUT2D eigenvalue weighted by molar-refractivity contribution is -0.119. The molecular formula is C26H29N3O5S. The maximum atomic E-state index is 13.4. The quantitative estimate of drug-likeness (QED) is 0.337. The van der Waals surface area contributed by atoms with E-state index in [1.807, 2.05) is 19.9 Å². The van der Waals surface area contributed by atoms with E-state index in [4.69, 9.17) is 9.47 Å². The van der Waals surface area contributed by atoms with Gasteiger partial charge in [0.2, 0.25) is 0 Å². The van der Waals surface area contributed by atoms with Crippen LogP contribution in [0.25, 0.3) is 0 Å². The number of anilines is 1. The Hall–Kier alpha value is -3.85. The van der Waals surface area contributed by atoms with Gasteiger partial charge in [0.15, 0.2) is 11.5 Å². The molecule has 0 fully saturated rings. The van der Waals surface area contributed by atoms with Gasteiger partial charge in [-0.2, -0.15) is 5.10 Å². The Morgan fingerprint density at radius 3 is 2.20 bits per heavy atom. The highest BCUT2D eigenvalue weighted by molar-refractivity contribution is 7.92. The minimum Gasteiger partial charge on any atom is -0.493 e. The highest BCUT2D eigenvalue weighted by Gasteiger charge is 2.27. The summed E-state index contributed by atoms with van der Waals surface area (Å²) in [4.78, 5) is 13.0. The van der Waals surface area contributed by atoms with E-state index in [-0.39, 0.29) is 4.90 Å². The molecule has 184 valence electrons. The van der Waals surface area contributed by atoms with Gasteiger partial charge in [0.25, 0.3) is 15.9 Å². The first-order chi connectivity index (χ1) is 16.8. The summed E-state index contributed by atoms with van der Waals surface area (Å²) < 4.78 is 38.5. The second kappa shape index (κ2) is 11.5. The fourth-order valence-corrected chi connectivity index (χ4v) is 4.85. The van der Waals surface area contributed by atoms with E-state index >= 15 is 0 Å². The molecule has 0 saturated heterocycles. The van der Waals surface area contributed by atoms with Crippen molar-refractivity contribution >= 4 is 27.3 Å². The first-order valence-corrected chi connectivity index (χ1v) is 12.5. The summed E-state index contributed by atoms with van der Waals surface area (Å²) in [6, 6.07) is 20.3. The minimum absolute atomic E-state index is 0.0939. The second-order valence-corrected chi connectivity index (χ2v) is 9.54. The molecule has 0 bridgehead atoms. The number of rotatable bonds is 10. The molecule has 8 nitrogen and oxygen atoms in total. The molecule has 1 amide bonds. The number of nitrogens with one attached hydrogen (secondary N) is 1. The maximum absolute atomic E-state index is 13.4. The molecule has 9 heteroatoms. The summed E-state index contributed by atoms with van der Waals surface area (Å²) in [7, 11) is -0.889. The predicted molar refractivity (Wildman–Crippen MR) is 137 cm³/mol. The lowest BCUT2D eigenvalue weighted by Crippen LogP contribution is -2.39. The van der Waals surface area contributed by atoms with Crippen LogP contribution in [0.15, 0.2) is 82.8 Å². The van der Waals surface area contributed by atoms with Crippen LogP contribution in [-0.2, 0) is 14.8 Å². The van der Waals surface area contributed by atoms with E-state index in [0.29, 0.717) is 29.3 Å². The number of benzene rings is 3. The van der Waals surface area contributed by atoms with Crippen LogP contribution in [0.5, 0.6) is 11.5 Å². The standard InChI is InChI=1S/C26H29N3O5S/c1-5-23(20-13-16-24(33-3)25(17-20)34-4)27-28-26(30)18-29(21-14-11-19(2)12-15-21)35(31,32)22-9-7-6-8-10-22/h6-17H,5,18H2,1-4H3,(H,28,30)/b27-23-. The summed E-state index contributed by atoms with van der Waals surface area (Å²) in [5.74, 6) is 0.545. The number of carbonyl (C=O) groups is 1. The minimum atomic E-state index is -3.98. The molecule has 0 aliphatic heterocycles. The van der Waals surface area contributed by atoms with Gasteiger partial charge in [0.05, 0.1) is 30.5 Å². The molecule has 0 unspecified atom stereocenters. The zero-order valence-electron chi connectivity index (χ0n) is 20.2. The Morgan fingerprint density at radius 2 is 1.60 bits per heavy atom. The first-order valence-electron chi connectivity index (χ1n) is 11.0. The Labute approximate surface area is 206 Å². The fourth-order valence-electron chi connectivity index (χ4n) is 3.40. The van der Waals surface area contributed by atoms with Gasteiger partial charge < -0.3 is 9.47 Å². The lowest BCUT2D eigenvalue weighted by atomic mass is 10.1. The Balaban J connectivity index is 1.87. The van der Waals surface area contributed by atoms with Gasteiger partial charge in [-0.1, -0.05) is 42.8 Å². The summed E-state index contributed by atoms with van der Waals surface area (Å²) >= 11 is 0. The zero-order valence-corrected chi connectivity index (χ0v) is 21.0. The van der Waals surface area contributed by atoms with Gasteiger partial charge >= 0.3 is 0 Å². The van der Waals surface area contributed by atoms with Crippen LogP contribution in [0.1, 0.15) is 24.5 Å². The highest BCUT2D eigenvalue weighted by Crippen LogP contribution is 2.28. The van der Waals surface area contributed by atoms with Gasteiger partial charge in [-0.25, -0.2) is 13.8 Å². The SMILES string of the molecule is CC/C(=N/NC(=O)CN(c1ccc(C)cc1)S(=O)(=O)c1ccccc1)c1ccc(OC)c(OC)c1. The van der Waals surface area contributed by atoms with Crippen molar-refractivity contribution in [2.75, 3.05) is 25.1 Å². The van der Waals surface area contributed by atoms with Gasteiger partial charge in [0, 0.05) is 5.56 Å². The smallest absolute Gasteiger partial charge is 0.264 e. The van der Waals surface area contributed by atoms with Gasteiger partial charge in [-0.05, 0) is 55.8 Å². The number of methoxy groups -OCH3 is 2. The first kappa shape index (κ1) is 25.8. The number of hydrazone groups is 1. The number of nitrogens with zero attached hydrogens (tertiary/aromatic N) is 2. The van der Waals surface area contributed by atoms with E-state index in [1.165, 1.54) is 12.1 Å². The van der Waals surface area contributed by atoms with E-state index in [9.17, 15) is 13.2 Å². The molecule has 0 aliphatic rings. The highest BCUT2D eigenvalue weighted by atomic mass is 32.2. The third-order valence-electron chi connectivity index (χ3n) is 5.31. The molecule has 3 aromatic carbocycles. The van der Waals surface area contributed by atoms with Crippen molar-refractivity contribution in [2.24, 2.45) is 5.10 Å². The molecule has 3 aromatic rings. The normalized spacial score (nSPS) is 11.6. The number of aryl methyl sites for hydroxylation is 1. The zero-order chi connectivity index (χ0) is 25.4. The van der Waals surface area contributed by atoms with Gasteiger partial charge in [-0.15, -0.1) is 0 Å². The van der Waals surface area contributed by atoms with Crippen LogP contribution in [0.2, 0.25) is 0 Å². The average molecular weight is 496 g/mol. The maximum Gasteiger partial charge on any atom is 0.264 e. The topological polar surface area (TPSA) is 97.3 Å². The number of amides is 1. The molecule has 0 spiro atoms. The molecule has 0 aromatic heterocycles. The van der Waals surface area contributed by atoms with Crippen LogP contribution in [0, 0.1) is 6.92 Å². The molecular weight excluding hydrogens is 466 g/mol. The molecule has 0 atom stereocenters. The van der Waals surface area contributed by atoms with Crippen molar-refractivity contribution in [1.82, 2.24) is 5.43 Å². The third kappa shape index (κ3) is 6.19. The third-order valence-corrected chi connectivity index (χ3v) is 7.10. The monoisotopic (exact) mass is 495 g/mol. The lowest BCUT2D eigenvalue weighted by Gasteiger charge is -2.24. The average Bonchev–Trinajstić information content (AvgIpc) is 2.88. The number of hydrogen-bond donors (Lipinski definition) is 1. The molecule has 1 N–H and O–H groups in total. The van der Waals surface area contributed by atoms with Crippen LogP contribution in [-0.4, -0.2) is 40.8 Å². The molecule has 0 radical (unpaired) electrons. The second-order valence-electron chi connectivity index (χ2n) is 7.68.